The molecule has 0 unspecified atom stereocenters. The molecule has 0 aliphatic carbocycles. The molecule has 4 aromatic rings. The van der Waals surface area contributed by atoms with Crippen LogP contribution in [0.3, 0.4) is 0 Å². The maximum atomic E-state index is 2.53. The van der Waals surface area contributed by atoms with Crippen LogP contribution in [0.15, 0.2) is 79.0 Å². The summed E-state index contributed by atoms with van der Waals surface area (Å²) in [5.74, 6) is 0. The van der Waals surface area contributed by atoms with Crippen molar-refractivity contribution in [3.8, 4) is 22.4 Å². The van der Waals surface area contributed by atoms with Crippen LogP contribution in [-0.2, 0) is 7.05 Å². The zero-order chi connectivity index (χ0) is 24.6. The molecule has 176 valence electrons. The molecule has 4 rings (SSSR count). The van der Waals surface area contributed by atoms with Crippen LogP contribution in [0.5, 0.6) is 0 Å². The number of benzene rings is 3. The lowest BCUT2D eigenvalue weighted by molar-refractivity contribution is -0.659. The Morgan fingerprint density at radius 2 is 1.32 bits per heavy atom. The highest BCUT2D eigenvalue weighted by Gasteiger charge is 2.44. The molecule has 0 N–H and O–H groups in total. The number of nitrogens with zero attached hydrogens (tertiary/aromatic N) is 1. The first kappa shape index (κ1) is 24.4. The monoisotopic (exact) mass is 466 g/mol. The van der Waals surface area contributed by atoms with E-state index < -0.39 is 8.07 Å². The van der Waals surface area contributed by atoms with Gasteiger partial charge in [-0.05, 0) is 57.8 Å². The molecule has 1 nitrogen and oxygen atoms in total. The van der Waals surface area contributed by atoms with Crippen LogP contribution < -0.4 is 9.75 Å². The molecule has 0 spiro atoms. The molecule has 1 aromatic heterocycles. The van der Waals surface area contributed by atoms with Crippen LogP contribution in [0.25, 0.3) is 33.2 Å². The second-order valence-corrected chi connectivity index (χ2v) is 16.8. The van der Waals surface area contributed by atoms with Crippen molar-refractivity contribution < 1.29 is 4.57 Å². The van der Waals surface area contributed by atoms with E-state index in [2.05, 4.69) is 139 Å². The van der Waals surface area contributed by atoms with Gasteiger partial charge in [-0.1, -0.05) is 101 Å². The predicted molar refractivity (Wildman–Crippen MR) is 151 cm³/mol. The zero-order valence-electron chi connectivity index (χ0n) is 22.2. The molecule has 0 saturated heterocycles. The minimum absolute atomic E-state index is 0.706. The van der Waals surface area contributed by atoms with Gasteiger partial charge in [-0.25, -0.2) is 4.57 Å². The minimum atomic E-state index is -1.69. The van der Waals surface area contributed by atoms with E-state index in [1.165, 1.54) is 38.7 Å². The number of pyridine rings is 1. The molecule has 0 radical (unpaired) electrons. The van der Waals surface area contributed by atoms with Crippen molar-refractivity contribution in [2.75, 3.05) is 0 Å². The largest absolute Gasteiger partial charge is 0.220 e. The molecule has 0 aliphatic rings. The Morgan fingerprint density at radius 1 is 0.676 bits per heavy atom. The van der Waals surface area contributed by atoms with Gasteiger partial charge >= 0.3 is 0 Å². The van der Waals surface area contributed by atoms with Crippen LogP contribution >= 0.6 is 0 Å². The summed E-state index contributed by atoms with van der Waals surface area (Å²) in [6.45, 7) is 16.9. The molecule has 0 amide bonds. The Labute approximate surface area is 207 Å². The van der Waals surface area contributed by atoms with E-state index in [0.29, 0.717) is 16.6 Å². The Balaban J connectivity index is 1.88. The fourth-order valence-electron chi connectivity index (χ4n) is 6.72. The highest BCUT2D eigenvalue weighted by molar-refractivity contribution is 6.95. The Bertz CT molecular complexity index is 1280. The third-order valence-electron chi connectivity index (χ3n) is 8.09. The predicted octanol–water partition coefficient (Wildman–Crippen LogP) is 8.19. The van der Waals surface area contributed by atoms with Gasteiger partial charge in [-0.15, -0.1) is 0 Å². The smallest absolute Gasteiger partial charge is 0.200 e. The van der Waals surface area contributed by atoms with Crippen LogP contribution in [0.4, 0.5) is 0 Å². The maximum Gasteiger partial charge on any atom is 0.220 e. The fraction of sp³-hybridized carbons (Fsp3) is 0.344. The van der Waals surface area contributed by atoms with E-state index in [9.17, 15) is 0 Å². The van der Waals surface area contributed by atoms with Gasteiger partial charge in [-0.3, -0.25) is 0 Å². The summed E-state index contributed by atoms with van der Waals surface area (Å²) < 4.78 is 2.28. The fourth-order valence-corrected chi connectivity index (χ4v) is 13.5. The van der Waals surface area contributed by atoms with E-state index >= 15 is 0 Å². The van der Waals surface area contributed by atoms with Crippen LogP contribution in [0, 0.1) is 6.92 Å². The summed E-state index contributed by atoms with van der Waals surface area (Å²) in [4.78, 5) is 0. The number of hydrogen-bond donors (Lipinski definition) is 0. The first-order valence-corrected chi connectivity index (χ1v) is 15.0. The molecular weight excluding hydrogens is 426 g/mol. The standard InChI is InChI=1S/C32H40NSi/c1-22(2)34(23(3)4,24(5)6)29-15-17-31-28(21-29)18-19-33(8)32(31)30-16-14-27(20-25(30)7)26-12-10-9-11-13-26/h9-24H,1-8H3/q+1. The normalized spacial score (nSPS) is 12.3. The number of hydrogen-bond acceptors (Lipinski definition) is 0. The topological polar surface area (TPSA) is 3.88 Å². The second kappa shape index (κ2) is 9.50. The van der Waals surface area contributed by atoms with Crippen molar-refractivity contribution in [1.82, 2.24) is 0 Å². The summed E-state index contributed by atoms with van der Waals surface area (Å²) in [7, 11) is 0.475. The van der Waals surface area contributed by atoms with Crippen molar-refractivity contribution in [3.63, 3.8) is 0 Å². The lowest BCUT2D eigenvalue weighted by atomic mass is 9.95. The zero-order valence-corrected chi connectivity index (χ0v) is 23.2. The molecule has 3 aromatic carbocycles. The van der Waals surface area contributed by atoms with E-state index in [0.717, 1.165) is 0 Å². The van der Waals surface area contributed by atoms with Gasteiger partial charge in [-0.2, -0.15) is 0 Å². The van der Waals surface area contributed by atoms with Gasteiger partial charge < -0.3 is 0 Å². The van der Waals surface area contributed by atoms with Crippen molar-refractivity contribution in [3.05, 3.63) is 84.6 Å². The van der Waals surface area contributed by atoms with Crippen molar-refractivity contribution in [2.24, 2.45) is 7.05 Å². The average molecular weight is 467 g/mol. The van der Waals surface area contributed by atoms with Gasteiger partial charge in [0, 0.05) is 11.6 Å². The molecular formula is C32H40NSi+. The summed E-state index contributed by atoms with van der Waals surface area (Å²) in [5, 5.41) is 4.30. The van der Waals surface area contributed by atoms with Crippen LogP contribution in [-0.4, -0.2) is 8.07 Å². The van der Waals surface area contributed by atoms with Gasteiger partial charge in [0.05, 0.1) is 13.5 Å². The quantitative estimate of drug-likeness (QED) is 0.199. The number of fused-ring (bicyclic) bond motifs is 1. The summed E-state index contributed by atoms with van der Waals surface area (Å²) >= 11 is 0. The Hall–Kier alpha value is -2.71. The lowest BCUT2D eigenvalue weighted by Crippen LogP contribution is -2.55. The molecule has 0 saturated carbocycles. The third-order valence-corrected chi connectivity index (χ3v) is 15.1. The van der Waals surface area contributed by atoms with Gasteiger partial charge in [0.15, 0.2) is 6.20 Å². The molecule has 0 fully saturated rings. The van der Waals surface area contributed by atoms with Gasteiger partial charge in [0.2, 0.25) is 5.69 Å². The average Bonchev–Trinajstić information content (AvgIpc) is 2.80. The van der Waals surface area contributed by atoms with E-state index in [1.807, 2.05) is 0 Å². The van der Waals surface area contributed by atoms with E-state index in [-0.39, 0.29) is 0 Å². The molecule has 0 atom stereocenters. The Kier molecular flexibility index (Phi) is 6.82. The molecule has 2 heteroatoms. The first-order valence-electron chi connectivity index (χ1n) is 12.8. The molecule has 34 heavy (non-hydrogen) atoms. The summed E-state index contributed by atoms with van der Waals surface area (Å²) in [6, 6.07) is 27.2. The first-order chi connectivity index (χ1) is 16.2. The summed E-state index contributed by atoms with van der Waals surface area (Å²) in [6.07, 6.45) is 2.23. The van der Waals surface area contributed by atoms with Crippen molar-refractivity contribution in [2.45, 2.75) is 65.1 Å². The van der Waals surface area contributed by atoms with Gasteiger partial charge in [0.1, 0.15) is 7.05 Å². The highest BCUT2D eigenvalue weighted by atomic mass is 28.3. The number of rotatable bonds is 6. The minimum Gasteiger partial charge on any atom is -0.200 e. The third kappa shape index (κ3) is 4.03. The van der Waals surface area contributed by atoms with Crippen LogP contribution in [0.2, 0.25) is 16.6 Å². The molecule has 0 aliphatic heterocycles. The number of aromatic nitrogens is 1. The second-order valence-electron chi connectivity index (χ2n) is 10.9. The van der Waals surface area contributed by atoms with E-state index in [4.69, 9.17) is 0 Å². The van der Waals surface area contributed by atoms with Crippen molar-refractivity contribution in [1.29, 1.82) is 0 Å². The Morgan fingerprint density at radius 3 is 1.91 bits per heavy atom. The molecule has 1 heterocycles. The van der Waals surface area contributed by atoms with Crippen molar-refractivity contribution >= 4 is 24.0 Å². The lowest BCUT2D eigenvalue weighted by Gasteiger charge is -2.43. The highest BCUT2D eigenvalue weighted by Crippen LogP contribution is 2.41. The molecule has 0 bridgehead atoms. The maximum absolute atomic E-state index is 2.53. The SMILES string of the molecule is Cc1cc(-c2ccccc2)ccc1-c1c2ccc([Si](C(C)C)(C(C)C)C(C)C)cc2cc[n+]1C. The van der Waals surface area contributed by atoms with Crippen LogP contribution in [0.1, 0.15) is 47.1 Å². The summed E-state index contributed by atoms with van der Waals surface area (Å²) in [5.41, 5.74) is 8.57. The number of aryl methyl sites for hydroxylation is 2. The van der Waals surface area contributed by atoms with E-state index in [1.54, 1.807) is 5.19 Å². The van der Waals surface area contributed by atoms with Gasteiger partial charge in [0.25, 0.3) is 0 Å².